The van der Waals surface area contributed by atoms with Gasteiger partial charge in [0, 0.05) is 10.2 Å². The molecule has 0 aromatic heterocycles. The molecule has 0 bridgehead atoms. The molecule has 0 N–H and O–H groups in total. The predicted octanol–water partition coefficient (Wildman–Crippen LogP) is 4.93. The summed E-state index contributed by atoms with van der Waals surface area (Å²) in [5.74, 6) is 0.600. The molecule has 4 heteroatoms. The first-order chi connectivity index (χ1) is 7.43. The number of benzene rings is 1. The third-order valence-electron chi connectivity index (χ3n) is 3.24. The quantitative estimate of drug-likeness (QED) is 0.701. The van der Waals surface area contributed by atoms with Crippen LogP contribution in [0, 0.1) is 5.41 Å². The van der Waals surface area contributed by atoms with Crippen molar-refractivity contribution < 1.29 is 4.74 Å². The van der Waals surface area contributed by atoms with Crippen molar-refractivity contribution in [1.29, 1.82) is 0 Å². The van der Waals surface area contributed by atoms with E-state index in [2.05, 4.69) is 29.8 Å². The van der Waals surface area contributed by atoms with Crippen LogP contribution in [0.3, 0.4) is 0 Å². The van der Waals surface area contributed by atoms with E-state index in [1.165, 1.54) is 0 Å². The van der Waals surface area contributed by atoms with Crippen molar-refractivity contribution in [1.82, 2.24) is 0 Å². The highest BCUT2D eigenvalue weighted by Gasteiger charge is 2.48. The zero-order valence-electron chi connectivity index (χ0n) is 9.14. The van der Waals surface area contributed by atoms with Crippen molar-refractivity contribution >= 4 is 39.1 Å². The molecule has 16 heavy (non-hydrogen) atoms. The molecule has 0 aliphatic heterocycles. The van der Waals surface area contributed by atoms with Crippen LogP contribution in [0.4, 0.5) is 0 Å². The summed E-state index contributed by atoms with van der Waals surface area (Å²) in [7, 11) is 0. The van der Waals surface area contributed by atoms with Crippen LogP contribution in [0.25, 0.3) is 0 Å². The first-order valence-corrected chi connectivity index (χ1v) is 6.85. The van der Waals surface area contributed by atoms with E-state index in [1.807, 2.05) is 6.07 Å². The van der Waals surface area contributed by atoms with Crippen LogP contribution in [0.1, 0.15) is 20.3 Å². The predicted molar refractivity (Wildman–Crippen MR) is 72.0 cm³/mol. The molecule has 2 rings (SSSR count). The Hall–Kier alpha value is 0.0800. The van der Waals surface area contributed by atoms with Gasteiger partial charge in [0.15, 0.2) is 5.75 Å². The Morgan fingerprint density at radius 3 is 2.31 bits per heavy atom. The molecule has 0 spiro atoms. The van der Waals surface area contributed by atoms with E-state index < -0.39 is 0 Å². The first kappa shape index (κ1) is 12.5. The Kier molecular flexibility index (Phi) is 3.44. The van der Waals surface area contributed by atoms with Gasteiger partial charge in [0.2, 0.25) is 0 Å². The van der Waals surface area contributed by atoms with Gasteiger partial charge < -0.3 is 4.74 Å². The van der Waals surface area contributed by atoms with Gasteiger partial charge in [0.1, 0.15) is 6.10 Å². The monoisotopic (exact) mass is 322 g/mol. The Balaban J connectivity index is 2.17. The average Bonchev–Trinajstić information content (AvgIpc) is 2.22. The summed E-state index contributed by atoms with van der Waals surface area (Å²) in [5, 5.41) is 1.14. The number of hydrogen-bond acceptors (Lipinski definition) is 1. The zero-order chi connectivity index (χ0) is 11.9. The van der Waals surface area contributed by atoms with E-state index in [4.69, 9.17) is 27.9 Å². The summed E-state index contributed by atoms with van der Waals surface area (Å²) >= 11 is 15.8. The van der Waals surface area contributed by atoms with Crippen molar-refractivity contribution in [3.8, 4) is 5.75 Å². The van der Waals surface area contributed by atoms with Crippen LogP contribution in [-0.2, 0) is 0 Å². The molecule has 1 saturated carbocycles. The Labute approximate surface area is 114 Å². The van der Waals surface area contributed by atoms with Crippen LogP contribution in [0.5, 0.6) is 5.75 Å². The molecular weight excluding hydrogens is 311 g/mol. The van der Waals surface area contributed by atoms with Crippen LogP contribution >= 0.6 is 39.1 Å². The molecule has 1 fully saturated rings. The van der Waals surface area contributed by atoms with Crippen molar-refractivity contribution in [2.45, 2.75) is 31.2 Å². The lowest BCUT2D eigenvalue weighted by Crippen LogP contribution is -2.53. The normalized spacial score (nSPS) is 27.3. The number of ether oxygens (including phenoxy) is 1. The maximum Gasteiger partial charge on any atom is 0.156 e. The van der Waals surface area contributed by atoms with E-state index in [0.717, 1.165) is 6.42 Å². The lowest BCUT2D eigenvalue weighted by Gasteiger charge is -2.48. The van der Waals surface area contributed by atoms with Gasteiger partial charge in [-0.2, -0.15) is 0 Å². The average molecular weight is 324 g/mol. The van der Waals surface area contributed by atoms with Crippen LogP contribution in [0.2, 0.25) is 10.0 Å². The molecular formula is C12H13BrCl2O. The van der Waals surface area contributed by atoms with Gasteiger partial charge in [-0.05, 0) is 18.6 Å². The van der Waals surface area contributed by atoms with Gasteiger partial charge >= 0.3 is 0 Å². The maximum atomic E-state index is 6.06. The molecule has 0 radical (unpaired) electrons. The largest absolute Gasteiger partial charge is 0.487 e. The third-order valence-corrected chi connectivity index (χ3v) is 5.39. The van der Waals surface area contributed by atoms with E-state index in [0.29, 0.717) is 20.6 Å². The summed E-state index contributed by atoms with van der Waals surface area (Å²) in [6, 6.07) is 5.40. The maximum absolute atomic E-state index is 6.06. The summed E-state index contributed by atoms with van der Waals surface area (Å²) in [6.45, 7) is 4.34. The number of hydrogen-bond donors (Lipinski definition) is 0. The van der Waals surface area contributed by atoms with E-state index >= 15 is 0 Å². The van der Waals surface area contributed by atoms with E-state index in [-0.39, 0.29) is 11.5 Å². The lowest BCUT2D eigenvalue weighted by molar-refractivity contribution is -0.00765. The third kappa shape index (κ3) is 2.07. The Morgan fingerprint density at radius 1 is 1.31 bits per heavy atom. The van der Waals surface area contributed by atoms with E-state index in [9.17, 15) is 0 Å². The van der Waals surface area contributed by atoms with Gasteiger partial charge in [-0.1, -0.05) is 59.0 Å². The molecule has 1 aromatic rings. The smallest absolute Gasteiger partial charge is 0.156 e. The summed E-state index contributed by atoms with van der Waals surface area (Å²) in [5.41, 5.74) is 0.114. The molecule has 0 saturated heterocycles. The summed E-state index contributed by atoms with van der Waals surface area (Å²) in [6.07, 6.45) is 1.14. The zero-order valence-corrected chi connectivity index (χ0v) is 12.2. The molecule has 1 aromatic carbocycles. The lowest BCUT2D eigenvalue weighted by atomic mass is 9.69. The molecule has 88 valence electrons. The van der Waals surface area contributed by atoms with Crippen molar-refractivity contribution in [2.75, 3.05) is 0 Å². The molecule has 2 unspecified atom stereocenters. The number of para-hydroxylation sites is 1. The van der Waals surface area contributed by atoms with E-state index in [1.54, 1.807) is 12.1 Å². The fraction of sp³-hybridized carbons (Fsp3) is 0.500. The summed E-state index contributed by atoms with van der Waals surface area (Å²) in [4.78, 5) is 0.492. The van der Waals surface area contributed by atoms with Crippen molar-refractivity contribution in [3.63, 3.8) is 0 Å². The number of rotatable bonds is 2. The second-order valence-corrected chi connectivity index (χ2v) is 6.60. The fourth-order valence-corrected chi connectivity index (χ4v) is 2.89. The van der Waals surface area contributed by atoms with Crippen LogP contribution < -0.4 is 4.74 Å². The Morgan fingerprint density at radius 2 is 1.88 bits per heavy atom. The highest BCUT2D eigenvalue weighted by molar-refractivity contribution is 9.09. The minimum atomic E-state index is 0.114. The van der Waals surface area contributed by atoms with Crippen LogP contribution in [0.15, 0.2) is 18.2 Å². The van der Waals surface area contributed by atoms with Gasteiger partial charge in [0.25, 0.3) is 0 Å². The standard InChI is InChI=1S/C12H13BrCl2O/c1-12(2)9(13)6-10(12)16-11-7(14)4-3-5-8(11)15/h3-5,9-10H,6H2,1-2H3. The van der Waals surface area contributed by atoms with Crippen LogP contribution in [-0.4, -0.2) is 10.9 Å². The molecule has 1 aliphatic rings. The molecule has 2 atom stereocenters. The minimum absolute atomic E-state index is 0.114. The second kappa shape index (κ2) is 4.40. The van der Waals surface area contributed by atoms with Crippen molar-refractivity contribution in [3.05, 3.63) is 28.2 Å². The highest BCUT2D eigenvalue weighted by Crippen LogP contribution is 2.48. The SMILES string of the molecule is CC1(C)C(Br)CC1Oc1c(Cl)cccc1Cl. The molecule has 1 nitrogen and oxygen atoms in total. The van der Waals surface area contributed by atoms with Gasteiger partial charge in [0.05, 0.1) is 10.0 Å². The summed E-state index contributed by atoms with van der Waals surface area (Å²) < 4.78 is 5.90. The second-order valence-electron chi connectivity index (χ2n) is 4.68. The topological polar surface area (TPSA) is 9.23 Å². The number of halogens is 3. The molecule has 0 heterocycles. The molecule has 0 amide bonds. The van der Waals surface area contributed by atoms with Crippen molar-refractivity contribution in [2.24, 2.45) is 5.41 Å². The highest BCUT2D eigenvalue weighted by atomic mass is 79.9. The number of alkyl halides is 1. The first-order valence-electron chi connectivity index (χ1n) is 5.17. The molecule has 1 aliphatic carbocycles. The van der Waals surface area contributed by atoms with Gasteiger partial charge in [-0.15, -0.1) is 0 Å². The van der Waals surface area contributed by atoms with Gasteiger partial charge in [-0.25, -0.2) is 0 Å². The minimum Gasteiger partial charge on any atom is -0.487 e. The Bertz CT molecular complexity index is 386. The van der Waals surface area contributed by atoms with Gasteiger partial charge in [-0.3, -0.25) is 0 Å². The fourth-order valence-electron chi connectivity index (χ4n) is 1.77.